The van der Waals surface area contributed by atoms with Crippen molar-refractivity contribution in [1.82, 2.24) is 9.88 Å². The van der Waals surface area contributed by atoms with E-state index >= 15 is 0 Å². The highest BCUT2D eigenvalue weighted by molar-refractivity contribution is 9.10. The Bertz CT molecular complexity index is 338. The van der Waals surface area contributed by atoms with Crippen LogP contribution in [-0.2, 0) is 4.74 Å². The van der Waals surface area contributed by atoms with Crippen molar-refractivity contribution in [2.45, 2.75) is 13.0 Å². The Morgan fingerprint density at radius 1 is 1.73 bits per heavy atom. The molecular formula is C10H15BrN2O2. The average molecular weight is 275 g/mol. The van der Waals surface area contributed by atoms with E-state index in [0.717, 1.165) is 4.47 Å². The standard InChI is InChI=1S/C10H15BrN2O2/c1-7(6-15-3)13(2)10(14)9-4-8(11)5-12-9/h4-5,7,12H,6H2,1-3H3. The summed E-state index contributed by atoms with van der Waals surface area (Å²) in [6, 6.07) is 1.82. The van der Waals surface area contributed by atoms with E-state index in [9.17, 15) is 4.79 Å². The summed E-state index contributed by atoms with van der Waals surface area (Å²) < 4.78 is 5.88. The highest BCUT2D eigenvalue weighted by atomic mass is 79.9. The summed E-state index contributed by atoms with van der Waals surface area (Å²) in [4.78, 5) is 16.5. The van der Waals surface area contributed by atoms with Crippen molar-refractivity contribution >= 4 is 21.8 Å². The molecule has 0 aromatic carbocycles. The molecule has 84 valence electrons. The van der Waals surface area contributed by atoms with Gasteiger partial charge in [-0.1, -0.05) is 0 Å². The molecule has 0 aliphatic heterocycles. The van der Waals surface area contributed by atoms with E-state index < -0.39 is 0 Å². The zero-order chi connectivity index (χ0) is 11.4. The number of likely N-dealkylation sites (N-methyl/N-ethyl adjacent to an activating group) is 1. The van der Waals surface area contributed by atoms with E-state index in [1.807, 2.05) is 6.92 Å². The molecular weight excluding hydrogens is 260 g/mol. The molecule has 4 nitrogen and oxygen atoms in total. The highest BCUT2D eigenvalue weighted by Gasteiger charge is 2.18. The first-order valence-electron chi connectivity index (χ1n) is 4.66. The zero-order valence-electron chi connectivity index (χ0n) is 9.08. The predicted molar refractivity (Wildman–Crippen MR) is 61.9 cm³/mol. The molecule has 0 aliphatic carbocycles. The normalized spacial score (nSPS) is 12.5. The van der Waals surface area contributed by atoms with Crippen LogP contribution in [0.25, 0.3) is 0 Å². The second-order valence-corrected chi connectivity index (χ2v) is 4.37. The number of amides is 1. The lowest BCUT2D eigenvalue weighted by molar-refractivity contribution is 0.0628. The van der Waals surface area contributed by atoms with Crippen LogP contribution in [0.5, 0.6) is 0 Å². The number of halogens is 1. The summed E-state index contributed by atoms with van der Waals surface area (Å²) in [5.74, 6) is -0.0368. The smallest absolute Gasteiger partial charge is 0.270 e. The quantitative estimate of drug-likeness (QED) is 0.912. The van der Waals surface area contributed by atoms with Crippen molar-refractivity contribution < 1.29 is 9.53 Å². The van der Waals surface area contributed by atoms with E-state index in [-0.39, 0.29) is 11.9 Å². The first kappa shape index (κ1) is 12.3. The number of hydrogen-bond donors (Lipinski definition) is 1. The molecule has 15 heavy (non-hydrogen) atoms. The molecule has 1 aromatic heterocycles. The van der Waals surface area contributed by atoms with Gasteiger partial charge in [0.05, 0.1) is 12.6 Å². The van der Waals surface area contributed by atoms with Gasteiger partial charge in [-0.15, -0.1) is 0 Å². The van der Waals surface area contributed by atoms with Crippen molar-refractivity contribution in [3.05, 3.63) is 22.4 Å². The van der Waals surface area contributed by atoms with Crippen LogP contribution in [-0.4, -0.2) is 42.6 Å². The third kappa shape index (κ3) is 3.07. The first-order valence-corrected chi connectivity index (χ1v) is 5.45. The Balaban J connectivity index is 2.68. The first-order chi connectivity index (χ1) is 7.06. The van der Waals surface area contributed by atoms with E-state index in [1.54, 1.807) is 31.3 Å². The lowest BCUT2D eigenvalue weighted by Gasteiger charge is -2.23. The van der Waals surface area contributed by atoms with Crippen LogP contribution in [0, 0.1) is 0 Å². The zero-order valence-corrected chi connectivity index (χ0v) is 10.7. The Morgan fingerprint density at radius 2 is 2.40 bits per heavy atom. The molecule has 1 heterocycles. The Morgan fingerprint density at radius 3 is 2.87 bits per heavy atom. The summed E-state index contributed by atoms with van der Waals surface area (Å²) in [5.41, 5.74) is 0.576. The number of aromatic nitrogens is 1. The third-order valence-electron chi connectivity index (χ3n) is 2.27. The lowest BCUT2D eigenvalue weighted by Crippen LogP contribution is -2.37. The molecule has 1 rings (SSSR count). The molecule has 5 heteroatoms. The van der Waals surface area contributed by atoms with Gasteiger partial charge >= 0.3 is 0 Å². The van der Waals surface area contributed by atoms with Gasteiger partial charge in [-0.25, -0.2) is 0 Å². The number of hydrogen-bond acceptors (Lipinski definition) is 2. The Labute approximate surface area is 97.7 Å². The number of H-pyrrole nitrogens is 1. The van der Waals surface area contributed by atoms with E-state index in [2.05, 4.69) is 20.9 Å². The van der Waals surface area contributed by atoms with Gasteiger partial charge in [0.2, 0.25) is 0 Å². The average Bonchev–Trinajstić information content (AvgIpc) is 2.63. The van der Waals surface area contributed by atoms with Crippen molar-refractivity contribution in [1.29, 1.82) is 0 Å². The fraction of sp³-hybridized carbons (Fsp3) is 0.500. The van der Waals surface area contributed by atoms with Gasteiger partial charge in [0, 0.05) is 24.8 Å². The second-order valence-electron chi connectivity index (χ2n) is 3.45. The molecule has 0 aliphatic rings. The molecule has 0 spiro atoms. The van der Waals surface area contributed by atoms with Gasteiger partial charge < -0.3 is 14.6 Å². The van der Waals surface area contributed by atoms with Crippen molar-refractivity contribution in [3.8, 4) is 0 Å². The van der Waals surface area contributed by atoms with Crippen molar-refractivity contribution in [3.63, 3.8) is 0 Å². The third-order valence-corrected chi connectivity index (χ3v) is 2.73. The van der Waals surface area contributed by atoms with Gasteiger partial charge in [0.25, 0.3) is 5.91 Å². The number of nitrogens with zero attached hydrogens (tertiary/aromatic N) is 1. The second kappa shape index (κ2) is 5.32. The molecule has 0 fully saturated rings. The number of carbonyl (C=O) groups is 1. The number of carbonyl (C=O) groups excluding carboxylic acids is 1. The molecule has 1 N–H and O–H groups in total. The van der Waals surface area contributed by atoms with Gasteiger partial charge in [-0.3, -0.25) is 4.79 Å². The van der Waals surface area contributed by atoms with Crippen LogP contribution in [0.4, 0.5) is 0 Å². The van der Waals surface area contributed by atoms with Crippen molar-refractivity contribution in [2.24, 2.45) is 0 Å². The molecule has 0 radical (unpaired) electrons. The topological polar surface area (TPSA) is 45.3 Å². The summed E-state index contributed by atoms with van der Waals surface area (Å²) in [6.45, 7) is 2.48. The maximum Gasteiger partial charge on any atom is 0.270 e. The van der Waals surface area contributed by atoms with Gasteiger partial charge in [-0.2, -0.15) is 0 Å². The Kier molecular flexibility index (Phi) is 4.35. The largest absolute Gasteiger partial charge is 0.383 e. The number of aromatic amines is 1. The summed E-state index contributed by atoms with van der Waals surface area (Å²) in [5, 5.41) is 0. The summed E-state index contributed by atoms with van der Waals surface area (Å²) in [7, 11) is 3.39. The van der Waals surface area contributed by atoms with Crippen LogP contribution in [0.15, 0.2) is 16.7 Å². The SMILES string of the molecule is COCC(C)N(C)C(=O)c1cc(Br)c[nH]1. The monoisotopic (exact) mass is 274 g/mol. The maximum absolute atomic E-state index is 11.9. The molecule has 1 atom stereocenters. The minimum absolute atomic E-state index is 0.0368. The molecule has 0 bridgehead atoms. The number of methoxy groups -OCH3 is 1. The maximum atomic E-state index is 11.9. The summed E-state index contributed by atoms with van der Waals surface area (Å²) >= 11 is 3.29. The fourth-order valence-corrected chi connectivity index (χ4v) is 1.58. The van der Waals surface area contributed by atoms with Crippen LogP contribution < -0.4 is 0 Å². The van der Waals surface area contributed by atoms with Crippen molar-refractivity contribution in [2.75, 3.05) is 20.8 Å². The van der Waals surface area contributed by atoms with Gasteiger partial charge in [-0.05, 0) is 28.9 Å². The minimum Gasteiger partial charge on any atom is -0.383 e. The molecule has 1 aromatic rings. The van der Waals surface area contributed by atoms with E-state index in [0.29, 0.717) is 12.3 Å². The number of rotatable bonds is 4. The van der Waals surface area contributed by atoms with Crippen LogP contribution in [0.1, 0.15) is 17.4 Å². The lowest BCUT2D eigenvalue weighted by atomic mass is 10.3. The highest BCUT2D eigenvalue weighted by Crippen LogP contribution is 2.13. The Hall–Kier alpha value is -0.810. The van der Waals surface area contributed by atoms with Gasteiger partial charge in [0.15, 0.2) is 0 Å². The number of nitrogens with one attached hydrogen (secondary N) is 1. The molecule has 1 amide bonds. The van der Waals surface area contributed by atoms with Crippen LogP contribution in [0.3, 0.4) is 0 Å². The molecule has 1 unspecified atom stereocenters. The van der Waals surface area contributed by atoms with Crippen LogP contribution >= 0.6 is 15.9 Å². The predicted octanol–water partition coefficient (Wildman–Crippen LogP) is 1.88. The summed E-state index contributed by atoms with van der Waals surface area (Å²) in [6.07, 6.45) is 1.74. The molecule has 0 saturated carbocycles. The molecule has 0 saturated heterocycles. The van der Waals surface area contributed by atoms with E-state index in [4.69, 9.17) is 4.74 Å². The van der Waals surface area contributed by atoms with E-state index in [1.165, 1.54) is 0 Å². The number of ether oxygens (including phenoxy) is 1. The fourth-order valence-electron chi connectivity index (χ4n) is 1.23. The minimum atomic E-state index is -0.0368. The van der Waals surface area contributed by atoms with Gasteiger partial charge in [0.1, 0.15) is 5.69 Å². The van der Waals surface area contributed by atoms with Crippen LogP contribution in [0.2, 0.25) is 0 Å².